The molecule has 0 spiro atoms. The van der Waals surface area contributed by atoms with Crippen LogP contribution in [0.15, 0.2) is 12.1 Å². The molecular formula is C26H32F2N6O2S. The van der Waals surface area contributed by atoms with Crippen LogP contribution in [-0.2, 0) is 5.54 Å². The predicted octanol–water partition coefficient (Wildman–Crippen LogP) is 4.79. The average molecular weight is 531 g/mol. The molecule has 37 heavy (non-hydrogen) atoms. The third kappa shape index (κ3) is 4.86. The van der Waals surface area contributed by atoms with E-state index in [9.17, 15) is 18.4 Å². The molecule has 0 radical (unpaired) electrons. The number of amides is 2. The number of hydrogen-bond donors (Lipinski definition) is 1. The number of likely N-dealkylation sites (tertiary alicyclic amines) is 2. The molecule has 8 nitrogen and oxygen atoms in total. The van der Waals surface area contributed by atoms with Crippen molar-refractivity contribution < 1.29 is 18.4 Å². The van der Waals surface area contributed by atoms with Crippen molar-refractivity contribution in [2.45, 2.75) is 65.0 Å². The summed E-state index contributed by atoms with van der Waals surface area (Å²) < 4.78 is 30.7. The molecule has 0 aliphatic carbocycles. The van der Waals surface area contributed by atoms with Gasteiger partial charge < -0.3 is 9.80 Å². The van der Waals surface area contributed by atoms with E-state index in [0.717, 1.165) is 43.8 Å². The first-order valence-electron chi connectivity index (χ1n) is 12.7. The zero-order valence-electron chi connectivity index (χ0n) is 21.6. The van der Waals surface area contributed by atoms with E-state index in [2.05, 4.69) is 20.3 Å². The standard InChI is InChI=1S/C26H32F2N6O2S/c1-15-9-10-17(19(28)18(15)27)23(35)30-25-29-22-21(37-25)20(31-34(22)26(2,3)4)24(36)33-13-7-8-16(33)14-32-11-5-6-12-32/h9-10,16H,5-8,11-14H2,1-4H3,(H,29,30,35)/t16-/m0/s1. The van der Waals surface area contributed by atoms with Gasteiger partial charge >= 0.3 is 0 Å². The summed E-state index contributed by atoms with van der Waals surface area (Å²) in [4.78, 5) is 35.4. The van der Waals surface area contributed by atoms with Crippen molar-refractivity contribution >= 4 is 38.6 Å². The van der Waals surface area contributed by atoms with E-state index in [0.29, 0.717) is 22.6 Å². The highest BCUT2D eigenvalue weighted by Gasteiger charge is 2.35. The monoisotopic (exact) mass is 530 g/mol. The molecule has 0 unspecified atom stereocenters. The second kappa shape index (κ2) is 9.75. The normalized spacial score (nSPS) is 18.8. The molecule has 5 rings (SSSR count). The zero-order chi connectivity index (χ0) is 26.5. The molecule has 2 aliphatic rings. The highest BCUT2D eigenvalue weighted by atomic mass is 32.1. The summed E-state index contributed by atoms with van der Waals surface area (Å²) in [6, 6.07) is 2.75. The Morgan fingerprint density at radius 3 is 2.54 bits per heavy atom. The predicted molar refractivity (Wildman–Crippen MR) is 139 cm³/mol. The van der Waals surface area contributed by atoms with Crippen molar-refractivity contribution in [3.05, 3.63) is 40.6 Å². The second-order valence-corrected chi connectivity index (χ2v) is 11.9. The van der Waals surface area contributed by atoms with Crippen LogP contribution in [0.3, 0.4) is 0 Å². The van der Waals surface area contributed by atoms with Crippen molar-refractivity contribution in [1.29, 1.82) is 0 Å². The van der Waals surface area contributed by atoms with E-state index in [1.807, 2.05) is 25.7 Å². The fourth-order valence-corrected chi connectivity index (χ4v) is 6.06. The van der Waals surface area contributed by atoms with Crippen LogP contribution in [0, 0.1) is 18.6 Å². The van der Waals surface area contributed by atoms with E-state index in [4.69, 9.17) is 0 Å². The van der Waals surface area contributed by atoms with Crippen molar-refractivity contribution in [3.8, 4) is 0 Å². The quantitative estimate of drug-likeness (QED) is 0.513. The first-order chi connectivity index (χ1) is 17.5. The van der Waals surface area contributed by atoms with E-state index < -0.39 is 28.6 Å². The van der Waals surface area contributed by atoms with Gasteiger partial charge in [0.05, 0.1) is 11.1 Å². The first kappa shape index (κ1) is 25.7. The lowest BCUT2D eigenvalue weighted by Crippen LogP contribution is -2.42. The highest BCUT2D eigenvalue weighted by molar-refractivity contribution is 7.22. The zero-order valence-corrected chi connectivity index (χ0v) is 22.4. The summed E-state index contributed by atoms with van der Waals surface area (Å²) in [6.45, 7) is 11.0. The Bertz CT molecular complexity index is 1360. The van der Waals surface area contributed by atoms with E-state index in [-0.39, 0.29) is 22.6 Å². The number of nitrogens with zero attached hydrogens (tertiary/aromatic N) is 5. The van der Waals surface area contributed by atoms with Crippen molar-refractivity contribution in [2.75, 3.05) is 31.5 Å². The highest BCUT2D eigenvalue weighted by Crippen LogP contribution is 2.34. The van der Waals surface area contributed by atoms with Crippen molar-refractivity contribution in [1.82, 2.24) is 24.6 Å². The third-order valence-corrected chi connectivity index (χ3v) is 8.08. The maximum absolute atomic E-state index is 14.4. The summed E-state index contributed by atoms with van der Waals surface area (Å²) in [6.07, 6.45) is 4.32. The minimum absolute atomic E-state index is 0.118. The number of aromatic nitrogens is 3. The van der Waals surface area contributed by atoms with Gasteiger partial charge in [0.15, 0.2) is 28.1 Å². The number of benzene rings is 1. The van der Waals surface area contributed by atoms with Crippen LogP contribution in [0.5, 0.6) is 0 Å². The summed E-state index contributed by atoms with van der Waals surface area (Å²) in [5.74, 6) is -3.19. The van der Waals surface area contributed by atoms with E-state index in [1.54, 1.807) is 4.68 Å². The van der Waals surface area contributed by atoms with Gasteiger partial charge in [-0.25, -0.2) is 13.5 Å². The third-order valence-electron chi connectivity index (χ3n) is 7.11. The van der Waals surface area contributed by atoms with Gasteiger partial charge in [0, 0.05) is 19.1 Å². The molecule has 0 bridgehead atoms. The number of carbonyl (C=O) groups is 2. The molecule has 2 aliphatic heterocycles. The Morgan fingerprint density at radius 1 is 1.11 bits per heavy atom. The molecule has 3 aromatic rings. The smallest absolute Gasteiger partial charge is 0.276 e. The summed E-state index contributed by atoms with van der Waals surface area (Å²) in [5, 5.41) is 7.46. The number of aryl methyl sites for hydroxylation is 1. The van der Waals surface area contributed by atoms with Crippen LogP contribution in [0.1, 0.15) is 72.9 Å². The molecule has 0 saturated carbocycles. The molecule has 2 fully saturated rings. The lowest BCUT2D eigenvalue weighted by atomic mass is 10.1. The van der Waals surface area contributed by atoms with Gasteiger partial charge in [0.2, 0.25) is 0 Å². The molecule has 2 aromatic heterocycles. The Hall–Kier alpha value is -2.92. The van der Waals surface area contributed by atoms with Crippen LogP contribution in [0.2, 0.25) is 0 Å². The van der Waals surface area contributed by atoms with Crippen LogP contribution >= 0.6 is 11.3 Å². The molecule has 1 atom stereocenters. The molecule has 4 heterocycles. The molecule has 1 N–H and O–H groups in total. The largest absolute Gasteiger partial charge is 0.333 e. The Kier molecular flexibility index (Phi) is 6.78. The number of anilines is 1. The number of rotatable bonds is 5. The summed E-state index contributed by atoms with van der Waals surface area (Å²) in [5.41, 5.74) is 0.0225. The molecule has 198 valence electrons. The lowest BCUT2D eigenvalue weighted by molar-refractivity contribution is 0.0703. The maximum Gasteiger partial charge on any atom is 0.276 e. The number of nitrogens with one attached hydrogen (secondary N) is 1. The van der Waals surface area contributed by atoms with Gasteiger partial charge in [-0.3, -0.25) is 14.9 Å². The minimum Gasteiger partial charge on any atom is -0.333 e. The Balaban J connectivity index is 1.46. The van der Waals surface area contributed by atoms with Gasteiger partial charge in [0.25, 0.3) is 11.8 Å². The molecule has 2 amide bonds. The molecule has 11 heteroatoms. The maximum atomic E-state index is 14.4. The van der Waals surface area contributed by atoms with Crippen LogP contribution in [0.4, 0.5) is 13.9 Å². The summed E-state index contributed by atoms with van der Waals surface area (Å²) >= 11 is 1.12. The minimum atomic E-state index is -1.20. The second-order valence-electron chi connectivity index (χ2n) is 10.9. The number of hydrogen-bond acceptors (Lipinski definition) is 6. The van der Waals surface area contributed by atoms with E-state index in [1.165, 1.54) is 31.9 Å². The molecular weight excluding hydrogens is 498 g/mol. The van der Waals surface area contributed by atoms with Gasteiger partial charge in [0.1, 0.15) is 4.70 Å². The molecule has 2 saturated heterocycles. The SMILES string of the molecule is Cc1ccc(C(=O)Nc2nc3c(s2)c(C(=O)N2CCC[C@H]2CN2CCCC2)nn3C(C)(C)C)c(F)c1F. The fraction of sp³-hybridized carbons (Fsp3) is 0.538. The van der Waals surface area contributed by atoms with Crippen molar-refractivity contribution in [2.24, 2.45) is 0 Å². The summed E-state index contributed by atoms with van der Waals surface area (Å²) in [7, 11) is 0. The lowest BCUT2D eigenvalue weighted by Gasteiger charge is -2.28. The fourth-order valence-electron chi connectivity index (χ4n) is 5.14. The molecule has 1 aromatic carbocycles. The van der Waals surface area contributed by atoms with E-state index >= 15 is 0 Å². The van der Waals surface area contributed by atoms with Gasteiger partial charge in [-0.2, -0.15) is 10.1 Å². The number of thiazole rings is 1. The van der Waals surface area contributed by atoms with Gasteiger partial charge in [-0.05, 0) is 78.1 Å². The van der Waals surface area contributed by atoms with Gasteiger partial charge in [-0.1, -0.05) is 17.4 Å². The van der Waals surface area contributed by atoms with Crippen LogP contribution < -0.4 is 5.32 Å². The number of carbonyl (C=O) groups excluding carboxylic acids is 2. The first-order valence-corrected chi connectivity index (χ1v) is 13.6. The topological polar surface area (TPSA) is 83.4 Å². The van der Waals surface area contributed by atoms with Crippen LogP contribution in [0.25, 0.3) is 10.3 Å². The Morgan fingerprint density at radius 2 is 1.84 bits per heavy atom. The van der Waals surface area contributed by atoms with Gasteiger partial charge in [-0.15, -0.1) is 0 Å². The van der Waals surface area contributed by atoms with Crippen LogP contribution in [-0.4, -0.2) is 68.6 Å². The Labute approximate surface area is 218 Å². The van der Waals surface area contributed by atoms with Crippen molar-refractivity contribution in [3.63, 3.8) is 0 Å². The average Bonchev–Trinajstić information content (AvgIpc) is 3.62. The number of fused-ring (bicyclic) bond motifs is 1. The number of halogens is 2.